The maximum atomic E-state index is 13.4. The summed E-state index contributed by atoms with van der Waals surface area (Å²) in [6, 6.07) is -0.913. The van der Waals surface area contributed by atoms with Crippen molar-refractivity contribution in [1.82, 2.24) is 5.32 Å². The molecule has 0 bridgehead atoms. The van der Waals surface area contributed by atoms with Crippen molar-refractivity contribution in [2.75, 3.05) is 19.8 Å². The molecule has 1 amide bonds. The fraction of sp³-hybridized carbons (Fsp3) is 0.963. The molecule has 12 atom stereocenters. The first-order valence-corrected chi connectivity index (χ1v) is 41.9. The van der Waals surface area contributed by atoms with E-state index >= 15 is 0 Å². The van der Waals surface area contributed by atoms with E-state index in [2.05, 4.69) is 19.2 Å². The van der Waals surface area contributed by atoms with Gasteiger partial charge in [-0.05, 0) is 19.3 Å². The van der Waals surface area contributed by atoms with E-state index in [-0.39, 0.29) is 18.9 Å². The van der Waals surface area contributed by atoms with Crippen LogP contribution in [0.25, 0.3) is 0 Å². The van der Waals surface area contributed by atoms with Gasteiger partial charge in [0.1, 0.15) is 48.8 Å². The highest BCUT2D eigenvalue weighted by molar-refractivity contribution is 5.76. The average molecular weight is 1370 g/mol. The van der Waals surface area contributed by atoms with E-state index in [9.17, 15) is 45.6 Å². The molecule has 2 fully saturated rings. The standard InChI is InChI=1S/C82H159NO13/c1-3-5-7-9-11-13-15-17-19-21-23-25-27-29-31-33-34-35-36-38-40-42-44-46-48-50-52-54-56-58-60-62-64-66-74(87)83-70(69-93-81-79(92)77(90)80(73(68-85)95-81)96-82-78(91)76(89)75(88)72(67-84)94-82)71(86)65-63-61-59-57-55-53-51-49-47-45-43-41-39-37-32-30-28-26-24-22-20-18-16-14-12-10-8-6-4-2/h63,65,70-73,75-82,84-86,88-92H,3-62,64,66-69H2,1-2H3,(H,83,87)/b65-63+. The second-order valence-corrected chi connectivity index (χ2v) is 30.0. The number of hydrogen-bond acceptors (Lipinski definition) is 13. The maximum absolute atomic E-state index is 13.4. The number of amides is 1. The highest BCUT2D eigenvalue weighted by atomic mass is 16.7. The number of allylic oxidation sites excluding steroid dienone is 1. The predicted octanol–water partition coefficient (Wildman–Crippen LogP) is 19.3. The van der Waals surface area contributed by atoms with Crippen LogP contribution >= 0.6 is 0 Å². The van der Waals surface area contributed by atoms with E-state index in [1.807, 2.05) is 6.08 Å². The van der Waals surface area contributed by atoms with Crippen molar-refractivity contribution in [3.63, 3.8) is 0 Å². The van der Waals surface area contributed by atoms with Crippen molar-refractivity contribution < 1.29 is 64.6 Å². The fourth-order valence-electron chi connectivity index (χ4n) is 14.4. The lowest BCUT2D eigenvalue weighted by Crippen LogP contribution is -2.65. The molecule has 0 radical (unpaired) electrons. The normalized spacial score (nSPS) is 22.2. The van der Waals surface area contributed by atoms with Crippen LogP contribution in [0.5, 0.6) is 0 Å². The van der Waals surface area contributed by atoms with Gasteiger partial charge in [-0.2, -0.15) is 0 Å². The quantitative estimate of drug-likeness (QED) is 0.0204. The molecule has 2 rings (SSSR count). The Kier molecular flexibility index (Phi) is 63.3. The van der Waals surface area contributed by atoms with Gasteiger partial charge in [-0.3, -0.25) is 4.79 Å². The van der Waals surface area contributed by atoms with E-state index in [1.165, 1.54) is 347 Å². The SMILES string of the molecule is CCCCCCCCCCCCCCCCCCCCCCCCCCCCC/C=C/C(O)C(COC1OC(CO)C(OC2OC(CO)C(O)C(O)C2O)C(O)C1O)NC(=O)CCCCCCCCCCCCCCCCCCCCCCCCCCCCCCCCCCC. The van der Waals surface area contributed by atoms with Gasteiger partial charge >= 0.3 is 0 Å². The molecule has 2 aliphatic rings. The summed E-state index contributed by atoms with van der Waals surface area (Å²) in [5.74, 6) is -0.228. The van der Waals surface area contributed by atoms with E-state index in [1.54, 1.807) is 6.08 Å². The Morgan fingerprint density at radius 2 is 0.646 bits per heavy atom. The second-order valence-electron chi connectivity index (χ2n) is 30.0. The van der Waals surface area contributed by atoms with Gasteiger partial charge in [0.25, 0.3) is 0 Å². The van der Waals surface area contributed by atoms with Gasteiger partial charge in [0, 0.05) is 6.42 Å². The molecule has 2 aliphatic heterocycles. The van der Waals surface area contributed by atoms with Crippen LogP contribution in [0.15, 0.2) is 12.2 Å². The van der Waals surface area contributed by atoms with Crippen molar-refractivity contribution in [2.45, 2.75) is 485 Å². The number of ether oxygens (including phenoxy) is 4. The molecule has 2 saturated heterocycles. The van der Waals surface area contributed by atoms with Crippen LogP contribution in [0.1, 0.15) is 412 Å². The van der Waals surface area contributed by atoms with Crippen molar-refractivity contribution in [3.05, 3.63) is 12.2 Å². The number of carbonyl (C=O) groups excluding carboxylic acids is 1. The minimum absolute atomic E-state index is 0.228. The van der Waals surface area contributed by atoms with Gasteiger partial charge in [0.05, 0.1) is 32.0 Å². The second kappa shape index (κ2) is 66.9. The third kappa shape index (κ3) is 49.4. The minimum Gasteiger partial charge on any atom is -0.394 e. The molecule has 0 aromatic carbocycles. The van der Waals surface area contributed by atoms with Crippen molar-refractivity contribution >= 4 is 5.91 Å². The Balaban J connectivity index is 1.59. The van der Waals surface area contributed by atoms with Gasteiger partial charge in [-0.1, -0.05) is 398 Å². The number of aliphatic hydroxyl groups is 8. The molecule has 0 aromatic heterocycles. The number of carbonyl (C=O) groups is 1. The van der Waals surface area contributed by atoms with Crippen molar-refractivity contribution in [1.29, 1.82) is 0 Å². The summed E-state index contributed by atoms with van der Waals surface area (Å²) in [7, 11) is 0. The summed E-state index contributed by atoms with van der Waals surface area (Å²) in [5, 5.41) is 87.8. The summed E-state index contributed by atoms with van der Waals surface area (Å²) < 4.78 is 22.9. The predicted molar refractivity (Wildman–Crippen MR) is 397 cm³/mol. The van der Waals surface area contributed by atoms with Gasteiger partial charge in [0.2, 0.25) is 5.91 Å². The zero-order chi connectivity index (χ0) is 69.4. The molecule has 12 unspecified atom stereocenters. The molecule has 9 N–H and O–H groups in total. The molecular weight excluding hydrogens is 1210 g/mol. The first-order valence-electron chi connectivity index (χ1n) is 41.9. The van der Waals surface area contributed by atoms with Crippen LogP contribution in [0, 0.1) is 0 Å². The Hall–Kier alpha value is -1.27. The molecule has 570 valence electrons. The zero-order valence-corrected chi connectivity index (χ0v) is 62.7. The number of unbranched alkanes of at least 4 members (excludes halogenated alkanes) is 59. The van der Waals surface area contributed by atoms with Crippen LogP contribution in [-0.2, 0) is 23.7 Å². The first-order chi connectivity index (χ1) is 47.1. The van der Waals surface area contributed by atoms with Crippen molar-refractivity contribution in [2.24, 2.45) is 0 Å². The molecule has 0 aromatic rings. The van der Waals surface area contributed by atoms with Crippen LogP contribution in [0.4, 0.5) is 0 Å². The fourth-order valence-corrected chi connectivity index (χ4v) is 14.4. The summed E-state index contributed by atoms with van der Waals surface area (Å²) in [6.07, 6.45) is 68.8. The molecule has 14 nitrogen and oxygen atoms in total. The smallest absolute Gasteiger partial charge is 0.220 e. The van der Waals surface area contributed by atoms with Crippen molar-refractivity contribution in [3.8, 4) is 0 Å². The van der Waals surface area contributed by atoms with Gasteiger partial charge in [-0.15, -0.1) is 0 Å². The lowest BCUT2D eigenvalue weighted by molar-refractivity contribution is -0.359. The average Bonchev–Trinajstić information content (AvgIpc) is 0.800. The minimum atomic E-state index is -1.79. The Morgan fingerprint density at radius 3 is 0.958 bits per heavy atom. The first kappa shape index (κ1) is 90.8. The van der Waals surface area contributed by atoms with Crippen LogP contribution in [-0.4, -0.2) is 140 Å². The van der Waals surface area contributed by atoms with Gasteiger partial charge < -0.3 is 65.1 Å². The van der Waals surface area contributed by atoms with Gasteiger partial charge in [0.15, 0.2) is 12.6 Å². The van der Waals surface area contributed by atoms with E-state index < -0.39 is 86.8 Å². The molecule has 0 aliphatic carbocycles. The summed E-state index contributed by atoms with van der Waals surface area (Å²) >= 11 is 0. The summed E-state index contributed by atoms with van der Waals surface area (Å²) in [5.41, 5.74) is 0. The lowest BCUT2D eigenvalue weighted by atomic mass is 9.97. The highest BCUT2D eigenvalue weighted by Gasteiger charge is 2.51. The number of aliphatic hydroxyl groups excluding tert-OH is 8. The molecule has 2 heterocycles. The van der Waals surface area contributed by atoms with E-state index in [0.29, 0.717) is 0 Å². The van der Waals surface area contributed by atoms with Crippen LogP contribution < -0.4 is 5.32 Å². The number of hydrogen-bond donors (Lipinski definition) is 9. The van der Waals surface area contributed by atoms with E-state index in [4.69, 9.17) is 18.9 Å². The summed E-state index contributed by atoms with van der Waals surface area (Å²) in [6.45, 7) is 2.89. The highest BCUT2D eigenvalue weighted by Crippen LogP contribution is 2.31. The third-order valence-corrected chi connectivity index (χ3v) is 21.0. The molecule has 0 spiro atoms. The maximum Gasteiger partial charge on any atom is 0.220 e. The molecule has 14 heteroatoms. The molecule has 96 heavy (non-hydrogen) atoms. The Labute approximate surface area is 590 Å². The largest absolute Gasteiger partial charge is 0.394 e. The number of nitrogens with one attached hydrogen (secondary N) is 1. The van der Waals surface area contributed by atoms with E-state index in [0.717, 1.165) is 44.9 Å². The Morgan fingerprint density at radius 1 is 0.365 bits per heavy atom. The van der Waals surface area contributed by atoms with Crippen LogP contribution in [0.3, 0.4) is 0 Å². The molecule has 0 saturated carbocycles. The monoisotopic (exact) mass is 1370 g/mol. The Bertz CT molecular complexity index is 1660. The topological polar surface area (TPSA) is 228 Å². The zero-order valence-electron chi connectivity index (χ0n) is 62.7. The lowest BCUT2D eigenvalue weighted by Gasteiger charge is -2.46. The summed E-state index contributed by atoms with van der Waals surface area (Å²) in [4.78, 5) is 13.4. The third-order valence-electron chi connectivity index (χ3n) is 21.0. The number of rotatable bonds is 72. The molecular formula is C82H159NO13. The van der Waals surface area contributed by atoms with Crippen LogP contribution in [0.2, 0.25) is 0 Å². The van der Waals surface area contributed by atoms with Gasteiger partial charge in [-0.25, -0.2) is 0 Å².